The molecule has 1 aliphatic rings. The van der Waals surface area contributed by atoms with Crippen molar-refractivity contribution in [2.45, 2.75) is 12.5 Å². The standard InChI is InChI=1S/C31H20Cl4N2O5/c1-39-29-25(34)10-18(11-26(29)35)31(38)41-21-7-8-22-27(13-21)42-30(37)23(14-36)28(22)16-3-2-4-20(9-16)40-15-17-5-6-19(32)12-24(17)33/h2-13,28H,15,37H2,1H3. The first-order valence-electron chi connectivity index (χ1n) is 12.3. The van der Waals surface area contributed by atoms with Crippen molar-refractivity contribution in [2.24, 2.45) is 5.73 Å². The van der Waals surface area contributed by atoms with Crippen LogP contribution in [-0.4, -0.2) is 13.1 Å². The van der Waals surface area contributed by atoms with E-state index in [2.05, 4.69) is 6.07 Å². The summed E-state index contributed by atoms with van der Waals surface area (Å²) in [5.74, 6) is 0.00159. The van der Waals surface area contributed by atoms with Crippen LogP contribution in [0.15, 0.2) is 84.3 Å². The molecule has 1 heterocycles. The van der Waals surface area contributed by atoms with Crippen LogP contribution in [0.3, 0.4) is 0 Å². The molecule has 0 saturated carbocycles. The van der Waals surface area contributed by atoms with Gasteiger partial charge in [-0.2, -0.15) is 5.26 Å². The van der Waals surface area contributed by atoms with Crippen LogP contribution < -0.4 is 24.7 Å². The molecule has 0 aliphatic carbocycles. The number of allylic oxidation sites excluding steroid dienone is 1. The molecule has 2 N–H and O–H groups in total. The summed E-state index contributed by atoms with van der Waals surface area (Å²) >= 11 is 24.6. The van der Waals surface area contributed by atoms with Gasteiger partial charge >= 0.3 is 5.97 Å². The number of fused-ring (bicyclic) bond motifs is 1. The van der Waals surface area contributed by atoms with Crippen molar-refractivity contribution >= 4 is 52.4 Å². The summed E-state index contributed by atoms with van der Waals surface area (Å²) in [5, 5.41) is 11.3. The summed E-state index contributed by atoms with van der Waals surface area (Å²) in [7, 11) is 1.42. The number of hydrogen-bond acceptors (Lipinski definition) is 7. The number of carbonyl (C=O) groups is 1. The van der Waals surface area contributed by atoms with Gasteiger partial charge < -0.3 is 24.7 Å². The van der Waals surface area contributed by atoms with Gasteiger partial charge in [0.1, 0.15) is 35.5 Å². The number of nitrogens with zero attached hydrogens (tertiary/aromatic N) is 1. The van der Waals surface area contributed by atoms with Crippen molar-refractivity contribution in [3.63, 3.8) is 0 Å². The molecule has 0 aromatic heterocycles. The zero-order valence-electron chi connectivity index (χ0n) is 21.8. The Labute approximate surface area is 261 Å². The van der Waals surface area contributed by atoms with Crippen LogP contribution in [0.5, 0.6) is 23.0 Å². The molecule has 0 amide bonds. The van der Waals surface area contributed by atoms with Gasteiger partial charge in [0.2, 0.25) is 5.88 Å². The first-order valence-corrected chi connectivity index (χ1v) is 13.8. The highest BCUT2D eigenvalue weighted by Gasteiger charge is 2.31. The first-order chi connectivity index (χ1) is 20.2. The van der Waals surface area contributed by atoms with Gasteiger partial charge in [0, 0.05) is 27.2 Å². The van der Waals surface area contributed by atoms with Gasteiger partial charge in [0.15, 0.2) is 5.75 Å². The van der Waals surface area contributed by atoms with E-state index in [9.17, 15) is 10.1 Å². The fourth-order valence-electron chi connectivity index (χ4n) is 4.46. The van der Waals surface area contributed by atoms with E-state index in [1.807, 2.05) is 18.2 Å². The van der Waals surface area contributed by atoms with E-state index in [0.29, 0.717) is 27.1 Å². The van der Waals surface area contributed by atoms with E-state index < -0.39 is 11.9 Å². The monoisotopic (exact) mass is 640 g/mol. The quantitative estimate of drug-likeness (QED) is 0.160. The molecule has 5 rings (SSSR count). The minimum atomic E-state index is -0.694. The van der Waals surface area contributed by atoms with E-state index in [1.165, 1.54) is 25.3 Å². The summed E-state index contributed by atoms with van der Waals surface area (Å²) in [6.45, 7) is 0.215. The molecule has 1 atom stereocenters. The second-order valence-electron chi connectivity index (χ2n) is 9.08. The van der Waals surface area contributed by atoms with E-state index in [0.717, 1.165) is 11.1 Å². The fraction of sp³-hybridized carbons (Fsp3) is 0.0968. The van der Waals surface area contributed by atoms with E-state index in [-0.39, 0.29) is 45.2 Å². The number of hydrogen-bond donors (Lipinski definition) is 1. The molecule has 0 bridgehead atoms. The van der Waals surface area contributed by atoms with Crippen molar-refractivity contribution in [1.82, 2.24) is 0 Å². The van der Waals surface area contributed by atoms with Gasteiger partial charge in [-0.1, -0.05) is 70.7 Å². The maximum Gasteiger partial charge on any atom is 0.343 e. The lowest BCUT2D eigenvalue weighted by Gasteiger charge is -2.27. The normalized spacial score (nSPS) is 14.0. The summed E-state index contributed by atoms with van der Waals surface area (Å²) in [6, 6.07) is 22.3. The zero-order chi connectivity index (χ0) is 30.0. The minimum Gasteiger partial charge on any atom is -0.494 e. The molecular formula is C31H20Cl4N2O5. The maximum absolute atomic E-state index is 12.8. The van der Waals surface area contributed by atoms with Crippen LogP contribution >= 0.6 is 46.4 Å². The molecule has 4 aromatic carbocycles. The molecule has 4 aromatic rings. The van der Waals surface area contributed by atoms with E-state index in [4.69, 9.17) is 71.1 Å². The number of nitrogens with two attached hydrogens (primary N) is 1. The average Bonchev–Trinajstić information content (AvgIpc) is 2.96. The molecule has 0 fully saturated rings. The molecule has 0 spiro atoms. The summed E-state index contributed by atoms with van der Waals surface area (Å²) in [6.07, 6.45) is 0. The van der Waals surface area contributed by atoms with Gasteiger partial charge in [-0.05, 0) is 48.0 Å². The number of rotatable bonds is 7. The number of benzene rings is 4. The fourth-order valence-corrected chi connectivity index (χ4v) is 5.57. The summed E-state index contributed by atoms with van der Waals surface area (Å²) < 4.78 is 22.4. The third-order valence-electron chi connectivity index (χ3n) is 6.44. The van der Waals surface area contributed by atoms with E-state index >= 15 is 0 Å². The molecule has 212 valence electrons. The first kappa shape index (κ1) is 29.4. The second-order valence-corrected chi connectivity index (χ2v) is 10.7. The largest absolute Gasteiger partial charge is 0.494 e. The van der Waals surface area contributed by atoms with Crippen LogP contribution in [0.4, 0.5) is 0 Å². The van der Waals surface area contributed by atoms with Crippen molar-refractivity contribution in [1.29, 1.82) is 5.26 Å². The average molecular weight is 642 g/mol. The third kappa shape index (κ3) is 6.08. The maximum atomic E-state index is 12.8. The van der Waals surface area contributed by atoms with Gasteiger partial charge in [-0.3, -0.25) is 0 Å². The second kappa shape index (κ2) is 12.4. The lowest BCUT2D eigenvalue weighted by atomic mass is 9.83. The zero-order valence-corrected chi connectivity index (χ0v) is 24.8. The lowest BCUT2D eigenvalue weighted by molar-refractivity contribution is 0.0734. The van der Waals surface area contributed by atoms with Gasteiger partial charge in [-0.15, -0.1) is 0 Å². The topological polar surface area (TPSA) is 104 Å². The van der Waals surface area contributed by atoms with Crippen LogP contribution in [0.2, 0.25) is 20.1 Å². The Morgan fingerprint density at radius 1 is 0.952 bits per heavy atom. The molecule has 1 aliphatic heterocycles. The van der Waals surface area contributed by atoms with Gasteiger partial charge in [0.25, 0.3) is 0 Å². The Balaban J connectivity index is 1.41. The van der Waals surface area contributed by atoms with Crippen molar-refractivity contribution in [3.05, 3.63) is 127 Å². The van der Waals surface area contributed by atoms with Gasteiger partial charge in [0.05, 0.1) is 28.6 Å². The Kier molecular flexibility index (Phi) is 8.72. The smallest absolute Gasteiger partial charge is 0.343 e. The molecule has 0 saturated heterocycles. The molecule has 1 unspecified atom stereocenters. The number of esters is 1. The number of carbonyl (C=O) groups excluding carboxylic acids is 1. The Bertz CT molecular complexity index is 1760. The van der Waals surface area contributed by atoms with Crippen molar-refractivity contribution < 1.29 is 23.7 Å². The number of halogens is 4. The Morgan fingerprint density at radius 3 is 2.40 bits per heavy atom. The van der Waals surface area contributed by atoms with Crippen molar-refractivity contribution in [2.75, 3.05) is 7.11 Å². The Hall–Kier alpha value is -4.06. The Morgan fingerprint density at radius 2 is 1.71 bits per heavy atom. The summed E-state index contributed by atoms with van der Waals surface area (Å²) in [5.41, 5.74) is 8.68. The highest BCUT2D eigenvalue weighted by molar-refractivity contribution is 6.37. The molecule has 7 nitrogen and oxygen atoms in total. The van der Waals surface area contributed by atoms with Crippen LogP contribution in [0, 0.1) is 11.3 Å². The molecule has 11 heteroatoms. The summed E-state index contributed by atoms with van der Waals surface area (Å²) in [4.78, 5) is 12.8. The highest BCUT2D eigenvalue weighted by Crippen LogP contribution is 2.44. The minimum absolute atomic E-state index is 0.0635. The van der Waals surface area contributed by atoms with E-state index in [1.54, 1.807) is 36.4 Å². The number of methoxy groups -OCH3 is 1. The molecular weight excluding hydrogens is 622 g/mol. The van der Waals surface area contributed by atoms with Crippen LogP contribution in [-0.2, 0) is 6.61 Å². The highest BCUT2D eigenvalue weighted by atomic mass is 35.5. The predicted octanol–water partition coefficient (Wildman–Crippen LogP) is 8.33. The lowest BCUT2D eigenvalue weighted by Crippen LogP contribution is -2.21. The molecule has 42 heavy (non-hydrogen) atoms. The number of ether oxygens (including phenoxy) is 4. The number of nitriles is 1. The van der Waals surface area contributed by atoms with Crippen LogP contribution in [0.1, 0.15) is 33.0 Å². The third-order valence-corrected chi connectivity index (χ3v) is 7.59. The SMILES string of the molecule is COc1c(Cl)cc(C(=O)Oc2ccc3c(c2)OC(N)=C(C#N)C3c2cccc(OCc3ccc(Cl)cc3Cl)c2)cc1Cl. The predicted molar refractivity (Wildman–Crippen MR) is 161 cm³/mol. The van der Waals surface area contributed by atoms with Gasteiger partial charge in [-0.25, -0.2) is 4.79 Å². The molecule has 0 radical (unpaired) electrons. The van der Waals surface area contributed by atoms with Crippen molar-refractivity contribution in [3.8, 4) is 29.1 Å². The van der Waals surface area contributed by atoms with Crippen LogP contribution in [0.25, 0.3) is 0 Å².